The quantitative estimate of drug-likeness (QED) is 0.381. The predicted molar refractivity (Wildman–Crippen MR) is 119 cm³/mol. The zero-order valence-corrected chi connectivity index (χ0v) is 17.9. The number of alkyl halides is 2. The largest absolute Gasteiger partial charge is 0.453 e. The van der Waals surface area contributed by atoms with Gasteiger partial charge in [-0.15, -0.1) is 0 Å². The van der Waals surface area contributed by atoms with Crippen molar-refractivity contribution < 1.29 is 17.9 Å². The van der Waals surface area contributed by atoms with Gasteiger partial charge < -0.3 is 16.2 Å². The van der Waals surface area contributed by atoms with Gasteiger partial charge in [-0.2, -0.15) is 5.10 Å². The van der Waals surface area contributed by atoms with Crippen molar-refractivity contribution in [3.8, 4) is 22.8 Å². The topological polar surface area (TPSA) is 105 Å². The molecule has 0 amide bonds. The second kappa shape index (κ2) is 7.80. The third-order valence-electron chi connectivity index (χ3n) is 5.56. The molecule has 0 unspecified atom stereocenters. The first kappa shape index (κ1) is 21.3. The van der Waals surface area contributed by atoms with Crippen LogP contribution in [-0.2, 0) is 6.54 Å². The Morgan fingerprint density at radius 2 is 1.88 bits per heavy atom. The summed E-state index contributed by atoms with van der Waals surface area (Å²) in [6.07, 6.45) is 4.63. The lowest BCUT2D eigenvalue weighted by molar-refractivity contribution is -0.114. The van der Waals surface area contributed by atoms with Crippen molar-refractivity contribution in [3.05, 3.63) is 53.7 Å². The minimum atomic E-state index is -2.57. The molecule has 0 radical (unpaired) electrons. The van der Waals surface area contributed by atoms with E-state index in [-0.39, 0.29) is 46.7 Å². The zero-order chi connectivity index (χ0) is 23.3. The molecule has 4 N–H and O–H groups in total. The fourth-order valence-electron chi connectivity index (χ4n) is 3.80. The molecule has 33 heavy (non-hydrogen) atoms. The van der Waals surface area contributed by atoms with E-state index >= 15 is 0 Å². The van der Waals surface area contributed by atoms with Gasteiger partial charge in [-0.25, -0.2) is 18.2 Å². The Kier molecular flexibility index (Phi) is 5.04. The van der Waals surface area contributed by atoms with Gasteiger partial charge in [0.15, 0.2) is 11.6 Å². The molecule has 0 aliphatic heterocycles. The van der Waals surface area contributed by atoms with Gasteiger partial charge >= 0.3 is 0 Å². The van der Waals surface area contributed by atoms with E-state index in [0.717, 1.165) is 0 Å². The number of halogens is 4. The van der Waals surface area contributed by atoms with Gasteiger partial charge in [-0.05, 0) is 30.2 Å². The van der Waals surface area contributed by atoms with Crippen molar-refractivity contribution in [3.63, 3.8) is 0 Å². The Morgan fingerprint density at radius 3 is 2.64 bits per heavy atom. The molecule has 7 nitrogen and oxygen atoms in total. The maximum atomic E-state index is 14.4. The predicted octanol–water partition coefficient (Wildman–Crippen LogP) is 5.29. The average Bonchev–Trinajstić information content (AvgIpc) is 3.23. The maximum absolute atomic E-state index is 14.4. The molecule has 1 saturated carbocycles. The molecule has 1 fully saturated rings. The summed E-state index contributed by atoms with van der Waals surface area (Å²) in [5.41, 5.74) is 13.1. The summed E-state index contributed by atoms with van der Waals surface area (Å²) in [7, 11) is 0. The SMILES string of the molecule is Nc1ccc(Oc2ccc3ncc(-c4cnn(CC5CC(F)(F)C5)c4)nc3c2Cl)c(F)c1N. The van der Waals surface area contributed by atoms with Gasteiger partial charge in [-0.1, -0.05) is 11.6 Å². The summed E-state index contributed by atoms with van der Waals surface area (Å²) in [6.45, 7) is 0.408. The van der Waals surface area contributed by atoms with Crippen molar-refractivity contribution in [1.29, 1.82) is 0 Å². The highest BCUT2D eigenvalue weighted by Gasteiger charge is 2.45. The molecule has 1 aliphatic carbocycles. The average molecular weight is 475 g/mol. The van der Waals surface area contributed by atoms with E-state index < -0.39 is 11.7 Å². The minimum absolute atomic E-state index is 0.103. The van der Waals surface area contributed by atoms with E-state index in [0.29, 0.717) is 28.8 Å². The number of benzene rings is 2. The molecular formula is C22H18ClF3N6O. The fraction of sp³-hybridized carbons (Fsp3) is 0.227. The highest BCUT2D eigenvalue weighted by Crippen LogP contribution is 2.43. The molecule has 4 aromatic rings. The molecule has 1 aliphatic rings. The molecule has 0 saturated heterocycles. The van der Waals surface area contributed by atoms with Crippen molar-refractivity contribution in [1.82, 2.24) is 19.7 Å². The lowest BCUT2D eigenvalue weighted by atomic mass is 9.81. The molecule has 11 heteroatoms. The smallest absolute Gasteiger partial charge is 0.248 e. The van der Waals surface area contributed by atoms with Crippen LogP contribution in [0.15, 0.2) is 42.9 Å². The Balaban J connectivity index is 1.42. The number of hydrogen-bond acceptors (Lipinski definition) is 6. The highest BCUT2D eigenvalue weighted by molar-refractivity contribution is 6.36. The standard InChI is InChI=1S/C22H18ClF3N6O/c23-18-16(33-17-3-1-13(27)20(28)19(17)24)4-2-14-21(18)31-15(8-29-14)12-7-30-32(10-12)9-11-5-22(25,26)6-11/h1-4,7-8,10-11H,5-6,9,27-28H2. The van der Waals surface area contributed by atoms with Crippen LogP contribution >= 0.6 is 11.6 Å². The summed E-state index contributed by atoms with van der Waals surface area (Å²) in [6, 6.07) is 5.99. The van der Waals surface area contributed by atoms with Crippen molar-refractivity contribution in [2.75, 3.05) is 11.5 Å². The number of aromatic nitrogens is 4. The van der Waals surface area contributed by atoms with Crippen LogP contribution in [0.1, 0.15) is 12.8 Å². The van der Waals surface area contributed by atoms with E-state index in [1.807, 2.05) is 0 Å². The lowest BCUT2D eigenvalue weighted by Gasteiger charge is -2.34. The fourth-order valence-corrected chi connectivity index (χ4v) is 4.04. The van der Waals surface area contributed by atoms with Crippen molar-refractivity contribution in [2.24, 2.45) is 5.92 Å². The zero-order valence-electron chi connectivity index (χ0n) is 17.1. The van der Waals surface area contributed by atoms with Gasteiger partial charge in [0.1, 0.15) is 16.3 Å². The Morgan fingerprint density at radius 1 is 1.12 bits per heavy atom. The molecule has 2 heterocycles. The normalized spacial score (nSPS) is 15.5. The number of ether oxygens (including phenoxy) is 1. The van der Waals surface area contributed by atoms with Crippen LogP contribution in [0.25, 0.3) is 22.3 Å². The number of fused-ring (bicyclic) bond motifs is 1. The molecule has 5 rings (SSSR count). The summed E-state index contributed by atoms with van der Waals surface area (Å²) in [4.78, 5) is 8.94. The number of hydrogen-bond donors (Lipinski definition) is 2. The molecule has 0 spiro atoms. The summed E-state index contributed by atoms with van der Waals surface area (Å²) in [5.74, 6) is -3.42. The van der Waals surface area contributed by atoms with Crippen LogP contribution in [0.4, 0.5) is 24.5 Å². The monoisotopic (exact) mass is 474 g/mol. The van der Waals surface area contributed by atoms with Crippen molar-refractivity contribution >= 4 is 34.0 Å². The van der Waals surface area contributed by atoms with Crippen LogP contribution in [0.5, 0.6) is 11.5 Å². The second-order valence-corrected chi connectivity index (χ2v) is 8.44. The molecule has 0 atom stereocenters. The number of anilines is 2. The number of nitrogen functional groups attached to an aromatic ring is 2. The van der Waals surface area contributed by atoms with Gasteiger partial charge in [0, 0.05) is 31.1 Å². The van der Waals surface area contributed by atoms with E-state index in [1.165, 1.54) is 12.1 Å². The van der Waals surface area contributed by atoms with Crippen LogP contribution in [-0.4, -0.2) is 25.7 Å². The third-order valence-corrected chi connectivity index (χ3v) is 5.93. The third kappa shape index (κ3) is 4.02. The lowest BCUT2D eigenvalue weighted by Crippen LogP contribution is -2.37. The van der Waals surface area contributed by atoms with Crippen molar-refractivity contribution in [2.45, 2.75) is 25.3 Å². The number of nitrogens with two attached hydrogens (primary N) is 2. The summed E-state index contributed by atoms with van der Waals surface area (Å²) in [5, 5.41) is 4.39. The number of nitrogens with zero attached hydrogens (tertiary/aromatic N) is 4. The first-order chi connectivity index (χ1) is 15.7. The van der Waals surface area contributed by atoms with Gasteiger partial charge in [0.2, 0.25) is 5.92 Å². The molecule has 170 valence electrons. The van der Waals surface area contributed by atoms with Crippen LogP contribution in [0.3, 0.4) is 0 Å². The number of rotatable bonds is 5. The van der Waals surface area contributed by atoms with Crippen LogP contribution in [0.2, 0.25) is 5.02 Å². The summed E-state index contributed by atoms with van der Waals surface area (Å²) < 4.78 is 47.8. The maximum Gasteiger partial charge on any atom is 0.248 e. The van der Waals surface area contributed by atoms with Crippen LogP contribution < -0.4 is 16.2 Å². The van der Waals surface area contributed by atoms with E-state index in [9.17, 15) is 13.2 Å². The van der Waals surface area contributed by atoms with Gasteiger partial charge in [-0.3, -0.25) is 9.67 Å². The minimum Gasteiger partial charge on any atom is -0.453 e. The van der Waals surface area contributed by atoms with E-state index in [2.05, 4.69) is 15.1 Å². The molecule has 2 aromatic carbocycles. The van der Waals surface area contributed by atoms with E-state index in [1.54, 1.807) is 35.4 Å². The second-order valence-electron chi connectivity index (χ2n) is 8.06. The Hall–Kier alpha value is -3.53. The van der Waals surface area contributed by atoms with E-state index in [4.69, 9.17) is 27.8 Å². The van der Waals surface area contributed by atoms with Gasteiger partial charge in [0.05, 0.1) is 35.0 Å². The Labute approximate surface area is 191 Å². The Bertz CT molecular complexity index is 1370. The molecule has 2 aromatic heterocycles. The molecular weight excluding hydrogens is 457 g/mol. The summed E-state index contributed by atoms with van der Waals surface area (Å²) >= 11 is 6.50. The van der Waals surface area contributed by atoms with Gasteiger partial charge in [0.25, 0.3) is 0 Å². The van der Waals surface area contributed by atoms with Crippen LogP contribution in [0, 0.1) is 11.7 Å². The first-order valence-electron chi connectivity index (χ1n) is 10.1. The highest BCUT2D eigenvalue weighted by atomic mass is 35.5. The first-order valence-corrected chi connectivity index (χ1v) is 10.5. The molecule has 0 bridgehead atoms.